The third-order valence-corrected chi connectivity index (χ3v) is 4.48. The largest absolute Gasteiger partial charge is 0.443 e. The maximum atomic E-state index is 14.5. The number of hydrogen-bond donors (Lipinski definition) is 0. The van der Waals surface area contributed by atoms with Crippen molar-refractivity contribution in [2.75, 3.05) is 0 Å². The second-order valence-corrected chi connectivity index (χ2v) is 6.41. The standard InChI is InChI=1S/C21H14F2N2O2/c1-12-8-17(23)15(9-16(12)22)14-4-3-5-18-20(14)27-21(2,26-18)19-7-6-13(10-24)11-25-19/h3-9,11H,1-2H3. The molecule has 2 heterocycles. The highest BCUT2D eigenvalue weighted by Crippen LogP contribution is 2.49. The van der Waals surface area contributed by atoms with E-state index in [0.29, 0.717) is 28.3 Å². The van der Waals surface area contributed by atoms with E-state index >= 15 is 0 Å². The zero-order valence-electron chi connectivity index (χ0n) is 14.6. The van der Waals surface area contributed by atoms with Gasteiger partial charge in [-0.15, -0.1) is 0 Å². The van der Waals surface area contributed by atoms with Crippen molar-refractivity contribution in [2.45, 2.75) is 19.6 Å². The van der Waals surface area contributed by atoms with Gasteiger partial charge in [0.05, 0.1) is 5.56 Å². The number of aryl methyl sites for hydroxylation is 1. The van der Waals surface area contributed by atoms with Gasteiger partial charge in [0.15, 0.2) is 11.5 Å². The summed E-state index contributed by atoms with van der Waals surface area (Å²) in [4.78, 5) is 4.23. The number of aromatic nitrogens is 1. The van der Waals surface area contributed by atoms with Gasteiger partial charge >= 0.3 is 0 Å². The fourth-order valence-electron chi connectivity index (χ4n) is 3.02. The second kappa shape index (κ2) is 6.06. The predicted molar refractivity (Wildman–Crippen MR) is 94.1 cm³/mol. The van der Waals surface area contributed by atoms with Crippen LogP contribution in [0.5, 0.6) is 11.5 Å². The van der Waals surface area contributed by atoms with Crippen molar-refractivity contribution in [2.24, 2.45) is 0 Å². The van der Waals surface area contributed by atoms with Crippen molar-refractivity contribution in [3.8, 4) is 28.7 Å². The first-order valence-electron chi connectivity index (χ1n) is 8.25. The Kier molecular flexibility index (Phi) is 3.81. The van der Waals surface area contributed by atoms with Gasteiger partial charge in [-0.25, -0.2) is 8.78 Å². The lowest BCUT2D eigenvalue weighted by Crippen LogP contribution is -2.32. The molecule has 0 amide bonds. The molecule has 0 aliphatic carbocycles. The number of pyridine rings is 1. The molecule has 1 aliphatic heterocycles. The molecule has 0 N–H and O–H groups in total. The van der Waals surface area contributed by atoms with E-state index in [-0.39, 0.29) is 11.1 Å². The average molecular weight is 364 g/mol. The minimum absolute atomic E-state index is 0.0931. The number of nitrogens with zero attached hydrogens (tertiary/aromatic N) is 2. The highest BCUT2D eigenvalue weighted by atomic mass is 19.1. The number of para-hydroxylation sites is 1. The molecule has 134 valence electrons. The molecule has 3 aromatic rings. The Labute approximate surface area is 154 Å². The maximum absolute atomic E-state index is 14.5. The van der Waals surface area contributed by atoms with E-state index in [9.17, 15) is 8.78 Å². The molecular formula is C21H14F2N2O2. The fourth-order valence-corrected chi connectivity index (χ4v) is 3.02. The van der Waals surface area contributed by atoms with E-state index < -0.39 is 17.4 Å². The molecule has 1 unspecified atom stereocenters. The van der Waals surface area contributed by atoms with Crippen LogP contribution in [-0.2, 0) is 5.79 Å². The van der Waals surface area contributed by atoms with E-state index in [1.807, 2.05) is 6.07 Å². The number of halogens is 2. The number of benzene rings is 2. The van der Waals surface area contributed by atoms with E-state index in [2.05, 4.69) is 4.98 Å². The summed E-state index contributed by atoms with van der Waals surface area (Å²) in [5.74, 6) is -1.57. The van der Waals surface area contributed by atoms with Gasteiger partial charge in [-0.05, 0) is 42.8 Å². The number of rotatable bonds is 2. The summed E-state index contributed by atoms with van der Waals surface area (Å²) in [6.45, 7) is 3.18. The van der Waals surface area contributed by atoms with Crippen LogP contribution in [0, 0.1) is 29.9 Å². The van der Waals surface area contributed by atoms with Crippen molar-refractivity contribution >= 4 is 0 Å². The SMILES string of the molecule is Cc1cc(F)c(-c2cccc3c2OC(C)(c2ccc(C#N)cn2)O3)cc1F. The van der Waals surface area contributed by atoms with Crippen LogP contribution in [0.4, 0.5) is 8.78 Å². The summed E-state index contributed by atoms with van der Waals surface area (Å²) in [5.41, 5.74) is 1.58. The number of ether oxygens (including phenoxy) is 2. The van der Waals surface area contributed by atoms with Crippen LogP contribution < -0.4 is 9.47 Å². The summed E-state index contributed by atoms with van der Waals surface area (Å²) in [7, 11) is 0. The van der Waals surface area contributed by atoms with Gasteiger partial charge in [0.2, 0.25) is 0 Å². The smallest absolute Gasteiger partial charge is 0.292 e. The first kappa shape index (κ1) is 17.0. The number of hydrogen-bond acceptors (Lipinski definition) is 4. The zero-order valence-corrected chi connectivity index (χ0v) is 14.6. The molecule has 0 fully saturated rings. The Balaban J connectivity index is 1.78. The van der Waals surface area contributed by atoms with E-state index in [1.165, 1.54) is 13.1 Å². The summed E-state index contributed by atoms with van der Waals surface area (Å²) < 4.78 is 40.4. The van der Waals surface area contributed by atoms with Crippen LogP contribution >= 0.6 is 0 Å². The highest BCUT2D eigenvalue weighted by molar-refractivity contribution is 5.75. The summed E-state index contributed by atoms with van der Waals surface area (Å²) in [6.07, 6.45) is 1.42. The van der Waals surface area contributed by atoms with E-state index in [4.69, 9.17) is 14.7 Å². The lowest BCUT2D eigenvalue weighted by molar-refractivity contribution is -0.0715. The Bertz CT molecular complexity index is 1090. The van der Waals surface area contributed by atoms with Crippen molar-refractivity contribution < 1.29 is 18.3 Å². The van der Waals surface area contributed by atoms with Gasteiger partial charge in [0, 0.05) is 24.2 Å². The van der Waals surface area contributed by atoms with Crippen LogP contribution in [0.1, 0.15) is 23.7 Å². The quantitative estimate of drug-likeness (QED) is 0.652. The molecule has 0 radical (unpaired) electrons. The molecule has 1 atom stereocenters. The zero-order chi connectivity index (χ0) is 19.2. The molecular weight excluding hydrogens is 350 g/mol. The topological polar surface area (TPSA) is 55.1 Å². The number of fused-ring (bicyclic) bond motifs is 1. The number of nitriles is 1. The van der Waals surface area contributed by atoms with Gasteiger partial charge in [-0.3, -0.25) is 4.98 Å². The molecule has 0 saturated heterocycles. The van der Waals surface area contributed by atoms with Crippen molar-refractivity contribution in [1.29, 1.82) is 5.26 Å². The van der Waals surface area contributed by atoms with Gasteiger partial charge < -0.3 is 9.47 Å². The van der Waals surface area contributed by atoms with E-state index in [0.717, 1.165) is 12.1 Å². The Morgan fingerprint density at radius 3 is 2.56 bits per heavy atom. The minimum atomic E-state index is -1.24. The van der Waals surface area contributed by atoms with Crippen LogP contribution in [-0.4, -0.2) is 4.98 Å². The van der Waals surface area contributed by atoms with Crippen LogP contribution in [0.2, 0.25) is 0 Å². The summed E-state index contributed by atoms with van der Waals surface area (Å²) >= 11 is 0. The van der Waals surface area contributed by atoms with Gasteiger partial charge in [-0.1, -0.05) is 12.1 Å². The van der Waals surface area contributed by atoms with Crippen LogP contribution in [0.25, 0.3) is 11.1 Å². The lowest BCUT2D eigenvalue weighted by atomic mass is 10.0. The van der Waals surface area contributed by atoms with Gasteiger partial charge in [-0.2, -0.15) is 5.26 Å². The molecule has 0 bridgehead atoms. The first-order chi connectivity index (χ1) is 12.9. The second-order valence-electron chi connectivity index (χ2n) is 6.41. The molecule has 6 heteroatoms. The Hall–Kier alpha value is -3.46. The van der Waals surface area contributed by atoms with Crippen molar-refractivity contribution in [3.05, 3.63) is 77.1 Å². The van der Waals surface area contributed by atoms with Crippen molar-refractivity contribution in [3.63, 3.8) is 0 Å². The normalized spacial score (nSPS) is 17.6. The lowest BCUT2D eigenvalue weighted by Gasteiger charge is -2.22. The molecule has 27 heavy (non-hydrogen) atoms. The maximum Gasteiger partial charge on any atom is 0.292 e. The van der Waals surface area contributed by atoms with E-state index in [1.54, 1.807) is 37.3 Å². The Morgan fingerprint density at radius 2 is 1.85 bits per heavy atom. The molecule has 1 aliphatic rings. The fraction of sp³-hybridized carbons (Fsp3) is 0.143. The Morgan fingerprint density at radius 1 is 1.04 bits per heavy atom. The summed E-state index contributed by atoms with van der Waals surface area (Å²) in [5, 5.41) is 8.91. The highest BCUT2D eigenvalue weighted by Gasteiger charge is 2.41. The summed E-state index contributed by atoms with van der Waals surface area (Å²) in [6, 6.07) is 12.6. The van der Waals surface area contributed by atoms with Crippen LogP contribution in [0.3, 0.4) is 0 Å². The molecule has 0 spiro atoms. The average Bonchev–Trinajstić information content (AvgIpc) is 3.02. The molecule has 4 nitrogen and oxygen atoms in total. The third kappa shape index (κ3) is 2.77. The van der Waals surface area contributed by atoms with Crippen molar-refractivity contribution in [1.82, 2.24) is 4.98 Å². The third-order valence-electron chi connectivity index (χ3n) is 4.48. The molecule has 2 aromatic carbocycles. The predicted octanol–water partition coefficient (Wildman–Crippen LogP) is 4.85. The van der Waals surface area contributed by atoms with Gasteiger partial charge in [0.1, 0.15) is 23.4 Å². The monoisotopic (exact) mass is 364 g/mol. The molecule has 4 rings (SSSR count). The minimum Gasteiger partial charge on any atom is -0.443 e. The molecule has 1 aromatic heterocycles. The van der Waals surface area contributed by atoms with Gasteiger partial charge in [0.25, 0.3) is 5.79 Å². The molecule has 0 saturated carbocycles. The first-order valence-corrected chi connectivity index (χ1v) is 8.25. The van der Waals surface area contributed by atoms with Crippen LogP contribution in [0.15, 0.2) is 48.7 Å².